The standard InChI is InChI=1S/C22H26N2O3/c25-22(11-7-17-6-10-20-21(14-17)27-16-26-20)23-15-18-4-8-19(9-5-18)24-12-2-1-3-13-24/h4-6,8-10,14H,1-3,7,11-13,15-16H2,(H,23,25). The summed E-state index contributed by atoms with van der Waals surface area (Å²) < 4.78 is 10.7. The first-order valence-electron chi connectivity index (χ1n) is 9.77. The number of nitrogens with zero attached hydrogens (tertiary/aromatic N) is 1. The highest BCUT2D eigenvalue weighted by Gasteiger charge is 2.14. The van der Waals surface area contributed by atoms with Gasteiger partial charge in [0.25, 0.3) is 0 Å². The number of ether oxygens (including phenoxy) is 2. The van der Waals surface area contributed by atoms with E-state index in [9.17, 15) is 4.79 Å². The molecular weight excluding hydrogens is 340 g/mol. The Morgan fingerprint density at radius 2 is 1.67 bits per heavy atom. The van der Waals surface area contributed by atoms with Crippen LogP contribution in [0, 0.1) is 0 Å². The van der Waals surface area contributed by atoms with Crippen LogP contribution in [0.25, 0.3) is 0 Å². The minimum atomic E-state index is 0.0628. The fourth-order valence-electron chi connectivity index (χ4n) is 3.62. The molecule has 2 heterocycles. The Kier molecular flexibility index (Phi) is 5.47. The number of amides is 1. The van der Waals surface area contributed by atoms with Crippen LogP contribution < -0.4 is 19.7 Å². The van der Waals surface area contributed by atoms with Gasteiger partial charge in [0.1, 0.15) is 0 Å². The molecule has 1 saturated heterocycles. The van der Waals surface area contributed by atoms with E-state index in [2.05, 4.69) is 34.5 Å². The lowest BCUT2D eigenvalue weighted by molar-refractivity contribution is -0.121. The molecule has 5 nitrogen and oxygen atoms in total. The van der Waals surface area contributed by atoms with Gasteiger partial charge in [-0.05, 0) is 61.1 Å². The lowest BCUT2D eigenvalue weighted by atomic mass is 10.1. The summed E-state index contributed by atoms with van der Waals surface area (Å²) in [7, 11) is 0. The average Bonchev–Trinajstić information content (AvgIpc) is 3.19. The summed E-state index contributed by atoms with van der Waals surface area (Å²) in [4.78, 5) is 14.6. The fourth-order valence-corrected chi connectivity index (χ4v) is 3.62. The van der Waals surface area contributed by atoms with Crippen LogP contribution in [0.3, 0.4) is 0 Å². The molecule has 0 aromatic heterocycles. The Morgan fingerprint density at radius 1 is 0.926 bits per heavy atom. The predicted octanol–water partition coefficient (Wildman–Crippen LogP) is 3.65. The molecule has 0 unspecified atom stereocenters. The lowest BCUT2D eigenvalue weighted by Gasteiger charge is -2.28. The van der Waals surface area contributed by atoms with Gasteiger partial charge in [-0.15, -0.1) is 0 Å². The van der Waals surface area contributed by atoms with Crippen LogP contribution in [0.5, 0.6) is 11.5 Å². The second kappa shape index (κ2) is 8.33. The van der Waals surface area contributed by atoms with E-state index >= 15 is 0 Å². The SMILES string of the molecule is O=C(CCc1ccc2c(c1)OCO2)NCc1ccc(N2CCCCC2)cc1. The molecule has 1 amide bonds. The molecule has 27 heavy (non-hydrogen) atoms. The predicted molar refractivity (Wildman–Crippen MR) is 105 cm³/mol. The number of nitrogens with one attached hydrogen (secondary N) is 1. The maximum Gasteiger partial charge on any atom is 0.231 e. The van der Waals surface area contributed by atoms with Crippen LogP contribution in [0.2, 0.25) is 0 Å². The second-order valence-corrected chi connectivity index (χ2v) is 7.18. The molecule has 0 radical (unpaired) electrons. The van der Waals surface area contributed by atoms with Crippen molar-refractivity contribution in [2.45, 2.75) is 38.6 Å². The highest BCUT2D eigenvalue weighted by atomic mass is 16.7. The van der Waals surface area contributed by atoms with Crippen LogP contribution in [0.4, 0.5) is 5.69 Å². The Balaban J connectivity index is 1.23. The molecule has 0 atom stereocenters. The molecular formula is C22H26N2O3. The van der Waals surface area contributed by atoms with Crippen molar-refractivity contribution in [2.24, 2.45) is 0 Å². The van der Waals surface area contributed by atoms with Gasteiger partial charge < -0.3 is 19.7 Å². The highest BCUT2D eigenvalue weighted by Crippen LogP contribution is 2.32. The Morgan fingerprint density at radius 3 is 2.48 bits per heavy atom. The number of carbonyl (C=O) groups excluding carboxylic acids is 1. The van der Waals surface area contributed by atoms with E-state index in [1.165, 1.54) is 24.9 Å². The van der Waals surface area contributed by atoms with E-state index in [4.69, 9.17) is 9.47 Å². The number of carbonyl (C=O) groups is 1. The van der Waals surface area contributed by atoms with Crippen molar-refractivity contribution in [2.75, 3.05) is 24.8 Å². The molecule has 0 bridgehead atoms. The third-order valence-corrected chi connectivity index (χ3v) is 5.22. The van der Waals surface area contributed by atoms with Gasteiger partial charge in [0.05, 0.1) is 0 Å². The molecule has 142 valence electrons. The van der Waals surface area contributed by atoms with Crippen molar-refractivity contribution >= 4 is 11.6 Å². The first-order valence-corrected chi connectivity index (χ1v) is 9.77. The highest BCUT2D eigenvalue weighted by molar-refractivity contribution is 5.76. The summed E-state index contributed by atoms with van der Waals surface area (Å²) in [5.74, 6) is 1.60. The summed E-state index contributed by atoms with van der Waals surface area (Å²) in [5.41, 5.74) is 3.50. The normalized spacial score (nSPS) is 15.6. The minimum Gasteiger partial charge on any atom is -0.454 e. The molecule has 4 rings (SSSR count). The van der Waals surface area contributed by atoms with E-state index in [-0.39, 0.29) is 12.7 Å². The molecule has 1 fully saturated rings. The average molecular weight is 366 g/mol. The molecule has 5 heteroatoms. The first-order chi connectivity index (χ1) is 13.3. The van der Waals surface area contributed by atoms with Crippen molar-refractivity contribution in [1.29, 1.82) is 0 Å². The Labute approximate surface area is 160 Å². The van der Waals surface area contributed by atoms with E-state index in [1.807, 2.05) is 18.2 Å². The number of piperidine rings is 1. The smallest absolute Gasteiger partial charge is 0.231 e. The molecule has 1 N–H and O–H groups in total. The number of hydrogen-bond donors (Lipinski definition) is 1. The minimum absolute atomic E-state index is 0.0628. The quantitative estimate of drug-likeness (QED) is 0.848. The van der Waals surface area contributed by atoms with E-state index in [0.29, 0.717) is 19.4 Å². The van der Waals surface area contributed by atoms with Crippen molar-refractivity contribution < 1.29 is 14.3 Å². The molecule has 2 aliphatic rings. The molecule has 2 aromatic rings. The van der Waals surface area contributed by atoms with Gasteiger partial charge in [0.2, 0.25) is 12.7 Å². The van der Waals surface area contributed by atoms with Gasteiger partial charge in [-0.3, -0.25) is 4.79 Å². The number of rotatable bonds is 6. The van der Waals surface area contributed by atoms with Gasteiger partial charge >= 0.3 is 0 Å². The lowest BCUT2D eigenvalue weighted by Crippen LogP contribution is -2.29. The number of hydrogen-bond acceptors (Lipinski definition) is 4. The molecule has 2 aromatic carbocycles. The van der Waals surface area contributed by atoms with Crippen molar-refractivity contribution in [3.05, 3.63) is 53.6 Å². The van der Waals surface area contributed by atoms with Crippen LogP contribution >= 0.6 is 0 Å². The third kappa shape index (κ3) is 4.54. The van der Waals surface area contributed by atoms with Gasteiger partial charge in [-0.1, -0.05) is 18.2 Å². The maximum atomic E-state index is 12.2. The summed E-state index contributed by atoms with van der Waals surface area (Å²) in [5, 5.41) is 3.01. The summed E-state index contributed by atoms with van der Waals surface area (Å²) in [6.07, 6.45) is 5.05. The van der Waals surface area contributed by atoms with Crippen molar-refractivity contribution in [3.63, 3.8) is 0 Å². The van der Waals surface area contributed by atoms with Gasteiger partial charge in [-0.25, -0.2) is 0 Å². The summed E-state index contributed by atoms with van der Waals surface area (Å²) in [6, 6.07) is 14.4. The summed E-state index contributed by atoms with van der Waals surface area (Å²) in [6.45, 7) is 3.14. The number of fused-ring (bicyclic) bond motifs is 1. The van der Waals surface area contributed by atoms with Crippen LogP contribution in [-0.2, 0) is 17.8 Å². The molecule has 0 spiro atoms. The number of benzene rings is 2. The van der Waals surface area contributed by atoms with Crippen LogP contribution in [-0.4, -0.2) is 25.8 Å². The first kappa shape index (κ1) is 17.7. The number of anilines is 1. The van der Waals surface area contributed by atoms with Crippen LogP contribution in [0.1, 0.15) is 36.8 Å². The van der Waals surface area contributed by atoms with E-state index < -0.39 is 0 Å². The van der Waals surface area contributed by atoms with E-state index in [0.717, 1.165) is 35.7 Å². The topological polar surface area (TPSA) is 50.8 Å². The van der Waals surface area contributed by atoms with Crippen molar-refractivity contribution in [3.8, 4) is 11.5 Å². The van der Waals surface area contributed by atoms with Crippen LogP contribution in [0.15, 0.2) is 42.5 Å². The maximum absolute atomic E-state index is 12.2. The van der Waals surface area contributed by atoms with E-state index in [1.54, 1.807) is 0 Å². The zero-order valence-corrected chi connectivity index (χ0v) is 15.6. The molecule has 0 saturated carbocycles. The summed E-state index contributed by atoms with van der Waals surface area (Å²) >= 11 is 0. The van der Waals surface area contributed by atoms with Gasteiger partial charge in [0, 0.05) is 31.7 Å². The molecule has 2 aliphatic heterocycles. The third-order valence-electron chi connectivity index (χ3n) is 5.22. The van der Waals surface area contributed by atoms with Gasteiger partial charge in [0.15, 0.2) is 11.5 Å². The fraction of sp³-hybridized carbons (Fsp3) is 0.409. The van der Waals surface area contributed by atoms with Crippen molar-refractivity contribution in [1.82, 2.24) is 5.32 Å². The zero-order chi connectivity index (χ0) is 18.5. The zero-order valence-electron chi connectivity index (χ0n) is 15.6. The number of aryl methyl sites for hydroxylation is 1. The van der Waals surface area contributed by atoms with Gasteiger partial charge in [-0.2, -0.15) is 0 Å². The largest absolute Gasteiger partial charge is 0.454 e. The Hall–Kier alpha value is -2.69. The monoisotopic (exact) mass is 366 g/mol. The Bertz CT molecular complexity index is 783. The molecule has 0 aliphatic carbocycles. The second-order valence-electron chi connectivity index (χ2n) is 7.18.